The molecule has 0 fully saturated rings. The Morgan fingerprint density at radius 2 is 0.833 bits per heavy atom. The van der Waals surface area contributed by atoms with Crippen molar-refractivity contribution in [3.8, 4) is 0 Å². The van der Waals surface area contributed by atoms with Crippen LogP contribution in [0.1, 0.15) is 271 Å². The van der Waals surface area contributed by atoms with E-state index in [1.807, 2.05) is 48.6 Å². The monoisotopic (exact) mass is 922 g/mol. The predicted octanol–water partition coefficient (Wildman–Crippen LogP) is 17.3. The minimum atomic E-state index is -0.804. The van der Waals surface area contributed by atoms with Crippen molar-refractivity contribution < 1.29 is 24.5 Å². The number of nitrogens with one attached hydrogen (secondary N) is 1. The van der Waals surface area contributed by atoms with E-state index in [0.717, 1.165) is 51.4 Å². The largest absolute Gasteiger partial charge is 0.462 e. The third-order valence-corrected chi connectivity index (χ3v) is 12.6. The first-order valence-electron chi connectivity index (χ1n) is 28.2. The Morgan fingerprint density at radius 3 is 1.27 bits per heavy atom. The Labute approximate surface area is 409 Å². The summed E-state index contributed by atoms with van der Waals surface area (Å²) in [4.78, 5) is 26.2. The molecular formula is C60H107NO5. The molecule has 6 nitrogen and oxygen atoms in total. The van der Waals surface area contributed by atoms with Crippen molar-refractivity contribution in [3.63, 3.8) is 0 Å². The van der Waals surface area contributed by atoms with Crippen molar-refractivity contribution in [2.45, 2.75) is 289 Å². The lowest BCUT2D eigenvalue weighted by atomic mass is 10.0. The highest BCUT2D eigenvalue weighted by molar-refractivity contribution is 5.77. The van der Waals surface area contributed by atoms with E-state index in [0.29, 0.717) is 25.7 Å². The fourth-order valence-corrected chi connectivity index (χ4v) is 8.40. The topological polar surface area (TPSA) is 95.9 Å². The minimum absolute atomic E-state index is 0.0444. The molecular weight excluding hydrogens is 815 g/mol. The molecule has 0 saturated heterocycles. The minimum Gasteiger partial charge on any atom is -0.462 e. The summed E-state index contributed by atoms with van der Waals surface area (Å²) in [5.41, 5.74) is 0. The molecule has 0 aromatic carbocycles. The number of hydrogen-bond acceptors (Lipinski definition) is 5. The number of aliphatic hydroxyl groups is 2. The van der Waals surface area contributed by atoms with Crippen LogP contribution in [0.5, 0.6) is 0 Å². The lowest BCUT2D eigenvalue weighted by molar-refractivity contribution is -0.151. The van der Waals surface area contributed by atoms with Crippen LogP contribution in [0.15, 0.2) is 72.9 Å². The Hall–Kier alpha value is -2.70. The second kappa shape index (κ2) is 53.3. The summed E-state index contributed by atoms with van der Waals surface area (Å²) in [5, 5.41) is 23.9. The van der Waals surface area contributed by atoms with Crippen LogP contribution in [0, 0.1) is 0 Å². The van der Waals surface area contributed by atoms with Gasteiger partial charge in [0.05, 0.1) is 25.2 Å². The van der Waals surface area contributed by atoms with Crippen LogP contribution in [0.3, 0.4) is 0 Å². The van der Waals surface area contributed by atoms with E-state index in [4.69, 9.17) is 4.74 Å². The van der Waals surface area contributed by atoms with Crippen LogP contribution in [0.2, 0.25) is 0 Å². The van der Waals surface area contributed by atoms with E-state index in [2.05, 4.69) is 50.4 Å². The van der Waals surface area contributed by atoms with Crippen molar-refractivity contribution >= 4 is 11.9 Å². The van der Waals surface area contributed by atoms with Gasteiger partial charge in [-0.05, 0) is 64.2 Å². The Morgan fingerprint density at radius 1 is 0.455 bits per heavy atom. The van der Waals surface area contributed by atoms with Crippen molar-refractivity contribution in [2.75, 3.05) is 6.61 Å². The highest BCUT2D eigenvalue weighted by atomic mass is 16.5. The molecule has 0 spiro atoms. The molecule has 3 atom stereocenters. The van der Waals surface area contributed by atoms with Gasteiger partial charge < -0.3 is 20.3 Å². The van der Waals surface area contributed by atoms with Gasteiger partial charge in [0.1, 0.15) is 6.10 Å². The zero-order valence-electron chi connectivity index (χ0n) is 43.6. The summed E-state index contributed by atoms with van der Waals surface area (Å²) >= 11 is 0. The number of rotatable bonds is 50. The van der Waals surface area contributed by atoms with Gasteiger partial charge in [-0.15, -0.1) is 0 Å². The average molecular weight is 923 g/mol. The van der Waals surface area contributed by atoms with Gasteiger partial charge in [0.15, 0.2) is 0 Å². The van der Waals surface area contributed by atoms with Crippen LogP contribution >= 0.6 is 0 Å². The number of hydrogen-bond donors (Lipinski definition) is 3. The van der Waals surface area contributed by atoms with Gasteiger partial charge in [-0.25, -0.2) is 0 Å². The summed E-state index contributed by atoms with van der Waals surface area (Å²) in [6.45, 7) is 6.34. The van der Waals surface area contributed by atoms with Crippen LogP contribution < -0.4 is 5.32 Å². The number of ether oxygens (including phenoxy) is 1. The van der Waals surface area contributed by atoms with Gasteiger partial charge in [0, 0.05) is 6.42 Å². The molecule has 0 aliphatic carbocycles. The number of carbonyl (C=O) groups is 2. The number of allylic oxidation sites excluding steroid dienone is 12. The summed E-state index contributed by atoms with van der Waals surface area (Å²) in [7, 11) is 0. The van der Waals surface area contributed by atoms with E-state index in [9.17, 15) is 19.8 Å². The molecule has 0 aromatic heterocycles. The molecule has 0 radical (unpaired) electrons. The zero-order valence-corrected chi connectivity index (χ0v) is 43.6. The Kier molecular flexibility index (Phi) is 51.1. The van der Waals surface area contributed by atoms with E-state index in [-0.39, 0.29) is 24.9 Å². The fraction of sp³-hybridized carbons (Fsp3) is 0.767. The molecule has 3 unspecified atom stereocenters. The van der Waals surface area contributed by atoms with Crippen molar-refractivity contribution in [1.29, 1.82) is 0 Å². The van der Waals surface area contributed by atoms with E-state index in [1.165, 1.54) is 167 Å². The van der Waals surface area contributed by atoms with E-state index >= 15 is 0 Å². The lowest BCUT2D eigenvalue weighted by Gasteiger charge is -2.24. The Balaban J connectivity index is 4.62. The van der Waals surface area contributed by atoms with Gasteiger partial charge >= 0.3 is 5.97 Å². The zero-order chi connectivity index (χ0) is 48.1. The van der Waals surface area contributed by atoms with Crippen molar-refractivity contribution in [3.05, 3.63) is 72.9 Å². The molecule has 6 heteroatoms. The molecule has 382 valence electrons. The lowest BCUT2D eigenvalue weighted by Crippen LogP contribution is -2.46. The van der Waals surface area contributed by atoms with Crippen molar-refractivity contribution in [2.24, 2.45) is 0 Å². The second-order valence-electron chi connectivity index (χ2n) is 19.1. The first-order chi connectivity index (χ1) is 32.5. The standard InChI is InChI=1S/C60H107NO5/c1-4-7-10-13-16-19-22-25-27-29-31-34-36-39-42-45-48-51-56(66-60(65)53-50-47-44-41-38-33-24-21-18-15-12-9-6-3)54-59(64)61-57(55-62)58(63)52-49-46-43-40-37-35-32-30-28-26-23-20-17-14-11-8-5-2/h9,12,15,18,21,24-25,27,33,38,41,44,56-58,62-63H,4-8,10-11,13-14,16-17,19-20,22-23,26,28-32,34-37,39-40,42-43,45-55H2,1-3H3,(H,61,64)/b12-9+,18-15+,24-21-,27-25+,38-33-,44-41+. The highest BCUT2D eigenvalue weighted by Crippen LogP contribution is 2.18. The fourth-order valence-electron chi connectivity index (χ4n) is 8.40. The molecule has 3 N–H and O–H groups in total. The first-order valence-corrected chi connectivity index (χ1v) is 28.2. The molecule has 0 aliphatic heterocycles. The average Bonchev–Trinajstić information content (AvgIpc) is 3.31. The van der Waals surface area contributed by atoms with Gasteiger partial charge in [-0.3, -0.25) is 9.59 Å². The quantitative estimate of drug-likeness (QED) is 0.0244. The van der Waals surface area contributed by atoms with Crippen LogP contribution in [0.25, 0.3) is 0 Å². The number of amides is 1. The van der Waals surface area contributed by atoms with Gasteiger partial charge in [0.25, 0.3) is 0 Å². The summed E-state index contributed by atoms with van der Waals surface area (Å²) in [6.07, 6.45) is 68.3. The number of unbranched alkanes of at least 4 members (excludes halogenated alkanes) is 30. The molecule has 1 amide bonds. The van der Waals surface area contributed by atoms with Crippen LogP contribution in [-0.4, -0.2) is 46.9 Å². The van der Waals surface area contributed by atoms with Crippen LogP contribution in [-0.2, 0) is 14.3 Å². The van der Waals surface area contributed by atoms with Crippen LogP contribution in [0.4, 0.5) is 0 Å². The molecule has 0 heterocycles. The first kappa shape index (κ1) is 63.3. The second-order valence-corrected chi connectivity index (χ2v) is 19.1. The number of carbonyl (C=O) groups excluding carboxylic acids is 2. The number of aliphatic hydroxyl groups excluding tert-OH is 2. The smallest absolute Gasteiger partial charge is 0.306 e. The highest BCUT2D eigenvalue weighted by Gasteiger charge is 2.24. The Bertz CT molecular complexity index is 1220. The maximum Gasteiger partial charge on any atom is 0.306 e. The normalized spacial score (nSPS) is 13.7. The maximum absolute atomic E-state index is 13.3. The summed E-state index contributed by atoms with van der Waals surface area (Å²) < 4.78 is 5.91. The molecule has 0 saturated carbocycles. The predicted molar refractivity (Wildman–Crippen MR) is 287 cm³/mol. The van der Waals surface area contributed by atoms with Gasteiger partial charge in [0.2, 0.25) is 5.91 Å². The van der Waals surface area contributed by atoms with Crippen molar-refractivity contribution in [1.82, 2.24) is 5.32 Å². The van der Waals surface area contributed by atoms with Gasteiger partial charge in [-0.1, -0.05) is 267 Å². The van der Waals surface area contributed by atoms with E-state index < -0.39 is 18.2 Å². The SMILES string of the molecule is CC/C=C/C=C/C=C\C=C/C=C/CCCC(=O)OC(CCCCCCCCC/C=C/CCCCCCCC)CC(=O)NC(CO)C(O)CCCCCCCCCCCCCCCCCCC. The molecule has 0 aromatic rings. The molecule has 0 rings (SSSR count). The maximum atomic E-state index is 13.3. The molecule has 0 bridgehead atoms. The third-order valence-electron chi connectivity index (χ3n) is 12.6. The molecule has 66 heavy (non-hydrogen) atoms. The summed E-state index contributed by atoms with van der Waals surface area (Å²) in [6, 6.07) is -0.721. The van der Waals surface area contributed by atoms with Gasteiger partial charge in [-0.2, -0.15) is 0 Å². The third kappa shape index (κ3) is 47.8. The number of esters is 1. The molecule has 0 aliphatic rings. The summed E-state index contributed by atoms with van der Waals surface area (Å²) in [5.74, 6) is -0.562. The van der Waals surface area contributed by atoms with E-state index in [1.54, 1.807) is 0 Å².